The molecule has 0 aromatic carbocycles. The van der Waals surface area contributed by atoms with Crippen molar-refractivity contribution in [3.63, 3.8) is 0 Å². The number of ether oxygens (including phenoxy) is 3. The van der Waals surface area contributed by atoms with Gasteiger partial charge in [0.2, 0.25) is 0 Å². The summed E-state index contributed by atoms with van der Waals surface area (Å²) in [5.41, 5.74) is -0.460. The molecule has 24 heavy (non-hydrogen) atoms. The van der Waals surface area contributed by atoms with Crippen LogP contribution in [0.2, 0.25) is 0 Å². The molecule has 0 bridgehead atoms. The Balaban J connectivity index is 1.75. The van der Waals surface area contributed by atoms with Crippen LogP contribution >= 0.6 is 0 Å². The number of hydrogen-bond acceptors (Lipinski definition) is 6. The molecule has 1 saturated carbocycles. The first-order valence-corrected chi connectivity index (χ1v) is 8.96. The largest absolute Gasteiger partial charge is 0.469 e. The molecule has 1 atom stereocenters. The number of carbonyl (C=O) groups is 2. The van der Waals surface area contributed by atoms with Crippen molar-refractivity contribution < 1.29 is 23.8 Å². The van der Waals surface area contributed by atoms with Crippen LogP contribution < -0.4 is 0 Å². The van der Waals surface area contributed by atoms with Gasteiger partial charge in [-0.15, -0.1) is 0 Å². The molecule has 6 heteroatoms. The van der Waals surface area contributed by atoms with Crippen LogP contribution in [-0.4, -0.2) is 55.0 Å². The lowest BCUT2D eigenvalue weighted by atomic mass is 9.87. The maximum Gasteiger partial charge on any atom is 0.323 e. The minimum atomic E-state index is -0.460. The minimum absolute atomic E-state index is 0.0103. The molecular weight excluding hydrogens is 310 g/mol. The highest BCUT2D eigenvalue weighted by Crippen LogP contribution is 2.28. The zero-order valence-corrected chi connectivity index (χ0v) is 15.4. The van der Waals surface area contributed by atoms with E-state index in [0.717, 1.165) is 45.1 Å². The van der Waals surface area contributed by atoms with Crippen LogP contribution in [0.3, 0.4) is 0 Å². The van der Waals surface area contributed by atoms with E-state index >= 15 is 0 Å². The van der Waals surface area contributed by atoms with Crippen LogP contribution in [0.4, 0.5) is 0 Å². The first kappa shape index (κ1) is 19.2. The van der Waals surface area contributed by atoms with E-state index in [-0.39, 0.29) is 30.0 Å². The number of hydrogen-bond donors (Lipinski definition) is 0. The predicted octanol–water partition coefficient (Wildman–Crippen LogP) is 2.50. The van der Waals surface area contributed by atoms with Crippen LogP contribution in [0, 0.1) is 5.92 Å². The first-order valence-electron chi connectivity index (χ1n) is 8.96. The highest BCUT2D eigenvalue weighted by atomic mass is 16.6. The molecule has 1 heterocycles. The number of likely N-dealkylation sites (tertiary alicyclic amines) is 1. The highest BCUT2D eigenvalue weighted by Gasteiger charge is 2.35. The van der Waals surface area contributed by atoms with E-state index in [2.05, 4.69) is 4.90 Å². The molecule has 1 aliphatic heterocycles. The van der Waals surface area contributed by atoms with Crippen molar-refractivity contribution >= 4 is 11.9 Å². The summed E-state index contributed by atoms with van der Waals surface area (Å²) in [7, 11) is 1.44. The van der Waals surface area contributed by atoms with Gasteiger partial charge >= 0.3 is 11.9 Å². The van der Waals surface area contributed by atoms with E-state index in [1.165, 1.54) is 7.11 Å². The Morgan fingerprint density at radius 1 is 1.04 bits per heavy atom. The third-order valence-electron chi connectivity index (χ3n) is 4.73. The maximum absolute atomic E-state index is 12.3. The average Bonchev–Trinajstić information content (AvgIpc) is 2.99. The maximum atomic E-state index is 12.3. The van der Waals surface area contributed by atoms with Crippen molar-refractivity contribution in [2.24, 2.45) is 5.92 Å². The summed E-state index contributed by atoms with van der Waals surface area (Å²) in [5, 5.41) is 0. The lowest BCUT2D eigenvalue weighted by Crippen LogP contribution is -2.42. The fourth-order valence-corrected chi connectivity index (χ4v) is 3.45. The Hall–Kier alpha value is -1.14. The standard InChI is InChI=1S/C18H31NO5/c1-18(2,3)24-17(21)15-6-5-11-19(15)12-23-14-9-7-13(8-10-14)16(20)22-4/h13-15H,5-12H2,1-4H3/t13?,14?,15-/m1/s1. The second-order valence-electron chi connectivity index (χ2n) is 7.80. The van der Waals surface area contributed by atoms with Crippen molar-refractivity contribution in [1.29, 1.82) is 0 Å². The lowest BCUT2D eigenvalue weighted by Gasteiger charge is -2.31. The van der Waals surface area contributed by atoms with Gasteiger partial charge in [-0.05, 0) is 59.3 Å². The fraction of sp³-hybridized carbons (Fsp3) is 0.889. The Labute approximate surface area is 144 Å². The minimum Gasteiger partial charge on any atom is -0.469 e. The molecule has 6 nitrogen and oxygen atoms in total. The Morgan fingerprint density at radius 3 is 2.29 bits per heavy atom. The topological polar surface area (TPSA) is 65.1 Å². The SMILES string of the molecule is COC(=O)C1CCC(OCN2CCC[C@@H]2C(=O)OC(C)(C)C)CC1. The van der Waals surface area contributed by atoms with E-state index in [4.69, 9.17) is 14.2 Å². The summed E-state index contributed by atoms with van der Waals surface area (Å²) >= 11 is 0. The number of nitrogens with zero attached hydrogens (tertiary/aromatic N) is 1. The summed E-state index contributed by atoms with van der Waals surface area (Å²) in [6.07, 6.45) is 5.33. The van der Waals surface area contributed by atoms with Crippen molar-refractivity contribution in [1.82, 2.24) is 4.90 Å². The number of carbonyl (C=O) groups excluding carboxylic acids is 2. The van der Waals surface area contributed by atoms with Gasteiger partial charge in [-0.3, -0.25) is 14.5 Å². The highest BCUT2D eigenvalue weighted by molar-refractivity contribution is 5.76. The van der Waals surface area contributed by atoms with Gasteiger partial charge < -0.3 is 14.2 Å². The predicted molar refractivity (Wildman–Crippen MR) is 89.3 cm³/mol. The third-order valence-corrected chi connectivity index (χ3v) is 4.73. The summed E-state index contributed by atoms with van der Waals surface area (Å²) < 4.78 is 16.3. The second-order valence-corrected chi connectivity index (χ2v) is 7.80. The Morgan fingerprint density at radius 2 is 1.71 bits per heavy atom. The second kappa shape index (κ2) is 8.30. The molecule has 0 spiro atoms. The molecule has 2 rings (SSSR count). The van der Waals surface area contributed by atoms with Crippen molar-refractivity contribution in [2.45, 2.75) is 77.0 Å². The molecule has 138 valence electrons. The normalized spacial score (nSPS) is 28.6. The quantitative estimate of drug-likeness (QED) is 0.716. The average molecular weight is 341 g/mol. The van der Waals surface area contributed by atoms with E-state index in [0.29, 0.717) is 6.73 Å². The van der Waals surface area contributed by atoms with Gasteiger partial charge in [-0.1, -0.05) is 0 Å². The van der Waals surface area contributed by atoms with Crippen LogP contribution in [0.5, 0.6) is 0 Å². The third kappa shape index (κ3) is 5.45. The summed E-state index contributed by atoms with van der Waals surface area (Å²) in [6.45, 7) is 6.99. The summed E-state index contributed by atoms with van der Waals surface area (Å²) in [5.74, 6) is -0.257. The molecule has 0 amide bonds. The van der Waals surface area contributed by atoms with Gasteiger partial charge in [0.05, 0.1) is 19.1 Å². The van der Waals surface area contributed by atoms with Crippen molar-refractivity contribution in [3.05, 3.63) is 0 Å². The van der Waals surface area contributed by atoms with Gasteiger partial charge in [-0.25, -0.2) is 0 Å². The Bertz CT molecular complexity index is 437. The molecule has 1 saturated heterocycles. The molecule has 0 aromatic heterocycles. The molecule has 0 radical (unpaired) electrons. The lowest BCUT2D eigenvalue weighted by molar-refractivity contribution is -0.163. The number of rotatable bonds is 5. The molecule has 2 aliphatic rings. The van der Waals surface area contributed by atoms with Gasteiger partial charge in [0.25, 0.3) is 0 Å². The molecular formula is C18H31NO5. The van der Waals surface area contributed by atoms with Crippen molar-refractivity contribution in [3.8, 4) is 0 Å². The van der Waals surface area contributed by atoms with Gasteiger partial charge in [-0.2, -0.15) is 0 Å². The number of esters is 2. The Kier molecular flexibility index (Phi) is 6.63. The monoisotopic (exact) mass is 341 g/mol. The van der Waals surface area contributed by atoms with Crippen LogP contribution in [-0.2, 0) is 23.8 Å². The van der Waals surface area contributed by atoms with Crippen LogP contribution in [0.25, 0.3) is 0 Å². The van der Waals surface area contributed by atoms with E-state index < -0.39 is 5.60 Å². The number of methoxy groups -OCH3 is 1. The van der Waals surface area contributed by atoms with E-state index in [9.17, 15) is 9.59 Å². The van der Waals surface area contributed by atoms with Crippen LogP contribution in [0.15, 0.2) is 0 Å². The van der Waals surface area contributed by atoms with E-state index in [1.807, 2.05) is 20.8 Å². The summed E-state index contributed by atoms with van der Waals surface area (Å²) in [4.78, 5) is 25.9. The molecule has 0 unspecified atom stereocenters. The van der Waals surface area contributed by atoms with Gasteiger partial charge in [0.15, 0.2) is 0 Å². The summed E-state index contributed by atoms with van der Waals surface area (Å²) in [6, 6.07) is -0.198. The zero-order valence-electron chi connectivity index (χ0n) is 15.4. The van der Waals surface area contributed by atoms with Gasteiger partial charge in [0, 0.05) is 6.54 Å². The van der Waals surface area contributed by atoms with Crippen LogP contribution in [0.1, 0.15) is 59.3 Å². The molecule has 0 N–H and O–H groups in total. The zero-order chi connectivity index (χ0) is 17.7. The fourth-order valence-electron chi connectivity index (χ4n) is 3.45. The first-order chi connectivity index (χ1) is 11.3. The van der Waals surface area contributed by atoms with E-state index in [1.54, 1.807) is 0 Å². The van der Waals surface area contributed by atoms with Gasteiger partial charge in [0.1, 0.15) is 18.4 Å². The van der Waals surface area contributed by atoms with Crippen molar-refractivity contribution in [2.75, 3.05) is 20.4 Å². The molecule has 1 aliphatic carbocycles. The molecule has 0 aromatic rings. The smallest absolute Gasteiger partial charge is 0.323 e. The molecule has 2 fully saturated rings.